The van der Waals surface area contributed by atoms with E-state index in [2.05, 4.69) is 24.1 Å². The standard InChI is InChI=1S/C13H28N2O/c1-12(2)6-9-15-8-4-5-13(15)11-14-7-10-16-3/h12-14H,4-11H2,1-3H3. The minimum absolute atomic E-state index is 0.760. The third kappa shape index (κ3) is 5.28. The largest absolute Gasteiger partial charge is 0.383 e. The zero-order valence-corrected chi connectivity index (χ0v) is 11.2. The summed E-state index contributed by atoms with van der Waals surface area (Å²) in [6.45, 7) is 10.1. The summed E-state index contributed by atoms with van der Waals surface area (Å²) in [6, 6.07) is 0.760. The van der Waals surface area contributed by atoms with Gasteiger partial charge < -0.3 is 10.1 Å². The number of likely N-dealkylation sites (tertiary alicyclic amines) is 1. The molecule has 0 aromatic carbocycles. The molecule has 1 saturated heterocycles. The van der Waals surface area contributed by atoms with E-state index in [9.17, 15) is 0 Å². The first-order valence-corrected chi connectivity index (χ1v) is 6.67. The van der Waals surface area contributed by atoms with Crippen molar-refractivity contribution >= 4 is 0 Å². The zero-order valence-electron chi connectivity index (χ0n) is 11.2. The normalized spacial score (nSPS) is 22.1. The summed E-state index contributed by atoms with van der Waals surface area (Å²) in [5.41, 5.74) is 0. The van der Waals surface area contributed by atoms with Crippen molar-refractivity contribution in [3.05, 3.63) is 0 Å². The zero-order chi connectivity index (χ0) is 11.8. The molecule has 96 valence electrons. The fraction of sp³-hybridized carbons (Fsp3) is 1.00. The van der Waals surface area contributed by atoms with Crippen molar-refractivity contribution in [2.24, 2.45) is 5.92 Å². The summed E-state index contributed by atoms with van der Waals surface area (Å²) in [7, 11) is 1.76. The fourth-order valence-electron chi connectivity index (χ4n) is 2.29. The number of hydrogen-bond donors (Lipinski definition) is 1. The average Bonchev–Trinajstić information content (AvgIpc) is 2.69. The van der Waals surface area contributed by atoms with Gasteiger partial charge in [0.15, 0.2) is 0 Å². The van der Waals surface area contributed by atoms with Crippen molar-refractivity contribution in [1.82, 2.24) is 10.2 Å². The SMILES string of the molecule is COCCNCC1CCCN1CCC(C)C. The van der Waals surface area contributed by atoms with Gasteiger partial charge in [0.2, 0.25) is 0 Å². The summed E-state index contributed by atoms with van der Waals surface area (Å²) in [5.74, 6) is 0.822. The van der Waals surface area contributed by atoms with Gasteiger partial charge >= 0.3 is 0 Å². The van der Waals surface area contributed by atoms with Crippen LogP contribution in [0.25, 0.3) is 0 Å². The second-order valence-corrected chi connectivity index (χ2v) is 5.21. The molecule has 1 N–H and O–H groups in total. The maximum atomic E-state index is 5.04. The van der Waals surface area contributed by atoms with Gasteiger partial charge in [-0.05, 0) is 38.3 Å². The van der Waals surface area contributed by atoms with Crippen molar-refractivity contribution in [1.29, 1.82) is 0 Å². The van der Waals surface area contributed by atoms with Gasteiger partial charge in [-0.3, -0.25) is 4.90 Å². The van der Waals surface area contributed by atoms with Crippen LogP contribution in [0.15, 0.2) is 0 Å². The van der Waals surface area contributed by atoms with Crippen LogP contribution in [-0.2, 0) is 4.74 Å². The lowest BCUT2D eigenvalue weighted by Crippen LogP contribution is -2.39. The highest BCUT2D eigenvalue weighted by Gasteiger charge is 2.23. The minimum Gasteiger partial charge on any atom is -0.383 e. The van der Waals surface area contributed by atoms with Gasteiger partial charge in [-0.2, -0.15) is 0 Å². The molecule has 0 saturated carbocycles. The van der Waals surface area contributed by atoms with E-state index in [1.54, 1.807) is 7.11 Å². The topological polar surface area (TPSA) is 24.5 Å². The molecule has 1 aliphatic heterocycles. The highest BCUT2D eigenvalue weighted by Crippen LogP contribution is 2.17. The summed E-state index contributed by atoms with van der Waals surface area (Å²) in [4.78, 5) is 2.65. The lowest BCUT2D eigenvalue weighted by Gasteiger charge is -2.25. The van der Waals surface area contributed by atoms with Gasteiger partial charge in [0.05, 0.1) is 6.61 Å². The van der Waals surface area contributed by atoms with Gasteiger partial charge in [-0.15, -0.1) is 0 Å². The predicted molar refractivity (Wildman–Crippen MR) is 68.8 cm³/mol. The maximum Gasteiger partial charge on any atom is 0.0587 e. The number of nitrogens with one attached hydrogen (secondary N) is 1. The smallest absolute Gasteiger partial charge is 0.0587 e. The second-order valence-electron chi connectivity index (χ2n) is 5.21. The Morgan fingerprint density at radius 2 is 2.25 bits per heavy atom. The van der Waals surface area contributed by atoms with Crippen LogP contribution in [0.4, 0.5) is 0 Å². The first-order chi connectivity index (χ1) is 7.74. The van der Waals surface area contributed by atoms with E-state index in [-0.39, 0.29) is 0 Å². The summed E-state index contributed by atoms with van der Waals surface area (Å²) in [6.07, 6.45) is 4.06. The average molecular weight is 228 g/mol. The molecular weight excluding hydrogens is 200 g/mol. The molecule has 0 bridgehead atoms. The maximum absolute atomic E-state index is 5.04. The van der Waals surface area contributed by atoms with Crippen molar-refractivity contribution in [3.63, 3.8) is 0 Å². The van der Waals surface area contributed by atoms with Crippen molar-refractivity contribution < 1.29 is 4.74 Å². The van der Waals surface area contributed by atoms with Crippen LogP contribution >= 0.6 is 0 Å². The Kier molecular flexibility index (Phi) is 7.01. The highest BCUT2D eigenvalue weighted by molar-refractivity contribution is 4.80. The molecule has 1 aliphatic rings. The van der Waals surface area contributed by atoms with Crippen LogP contribution in [0.1, 0.15) is 33.1 Å². The van der Waals surface area contributed by atoms with E-state index in [0.717, 1.165) is 31.7 Å². The Bertz CT molecular complexity index is 173. The molecule has 0 aliphatic carbocycles. The molecule has 1 heterocycles. The van der Waals surface area contributed by atoms with Gasteiger partial charge in [0.25, 0.3) is 0 Å². The summed E-state index contributed by atoms with van der Waals surface area (Å²) >= 11 is 0. The van der Waals surface area contributed by atoms with Crippen molar-refractivity contribution in [2.75, 3.05) is 39.9 Å². The molecule has 0 radical (unpaired) electrons. The number of nitrogens with zero attached hydrogens (tertiary/aromatic N) is 1. The molecule has 1 fully saturated rings. The Balaban J connectivity index is 2.13. The predicted octanol–water partition coefficient (Wildman–Crippen LogP) is 1.73. The number of rotatable bonds is 8. The van der Waals surface area contributed by atoms with Crippen molar-refractivity contribution in [3.8, 4) is 0 Å². The Hall–Kier alpha value is -0.120. The summed E-state index contributed by atoms with van der Waals surface area (Å²) < 4.78 is 5.04. The van der Waals surface area contributed by atoms with Crippen LogP contribution in [0.2, 0.25) is 0 Å². The number of ether oxygens (including phenoxy) is 1. The molecule has 0 aromatic rings. The third-order valence-corrected chi connectivity index (χ3v) is 3.36. The molecule has 1 unspecified atom stereocenters. The van der Waals surface area contributed by atoms with E-state index in [1.807, 2.05) is 0 Å². The van der Waals surface area contributed by atoms with Gasteiger partial charge in [-0.1, -0.05) is 13.8 Å². The fourth-order valence-corrected chi connectivity index (χ4v) is 2.29. The van der Waals surface area contributed by atoms with Crippen LogP contribution in [-0.4, -0.2) is 50.8 Å². The summed E-state index contributed by atoms with van der Waals surface area (Å²) in [5, 5.41) is 3.48. The monoisotopic (exact) mass is 228 g/mol. The highest BCUT2D eigenvalue weighted by atomic mass is 16.5. The molecule has 0 spiro atoms. The number of methoxy groups -OCH3 is 1. The minimum atomic E-state index is 0.760. The first kappa shape index (κ1) is 13.9. The van der Waals surface area contributed by atoms with E-state index in [4.69, 9.17) is 4.74 Å². The molecule has 0 aromatic heterocycles. The molecule has 1 rings (SSSR count). The number of hydrogen-bond acceptors (Lipinski definition) is 3. The Morgan fingerprint density at radius 1 is 1.44 bits per heavy atom. The Labute approximate surface area is 101 Å². The molecule has 16 heavy (non-hydrogen) atoms. The molecule has 1 atom stereocenters. The lowest BCUT2D eigenvalue weighted by molar-refractivity contribution is 0.190. The van der Waals surface area contributed by atoms with Gasteiger partial charge in [-0.25, -0.2) is 0 Å². The van der Waals surface area contributed by atoms with Crippen LogP contribution in [0.3, 0.4) is 0 Å². The van der Waals surface area contributed by atoms with E-state index < -0.39 is 0 Å². The van der Waals surface area contributed by atoms with Gasteiger partial charge in [0, 0.05) is 26.2 Å². The lowest BCUT2D eigenvalue weighted by atomic mass is 10.1. The van der Waals surface area contributed by atoms with E-state index >= 15 is 0 Å². The van der Waals surface area contributed by atoms with Crippen LogP contribution in [0, 0.1) is 5.92 Å². The quantitative estimate of drug-likeness (QED) is 0.640. The molecule has 3 nitrogen and oxygen atoms in total. The molecule has 0 amide bonds. The Morgan fingerprint density at radius 3 is 2.94 bits per heavy atom. The van der Waals surface area contributed by atoms with E-state index in [0.29, 0.717) is 0 Å². The third-order valence-electron chi connectivity index (χ3n) is 3.36. The van der Waals surface area contributed by atoms with E-state index in [1.165, 1.54) is 32.4 Å². The first-order valence-electron chi connectivity index (χ1n) is 6.67. The van der Waals surface area contributed by atoms with Crippen LogP contribution < -0.4 is 5.32 Å². The second kappa shape index (κ2) is 8.04. The van der Waals surface area contributed by atoms with Gasteiger partial charge in [0.1, 0.15) is 0 Å². The van der Waals surface area contributed by atoms with Crippen LogP contribution in [0.5, 0.6) is 0 Å². The molecule has 3 heteroatoms. The molecular formula is C13H28N2O. The van der Waals surface area contributed by atoms with Crippen molar-refractivity contribution in [2.45, 2.75) is 39.2 Å².